The van der Waals surface area contributed by atoms with Gasteiger partial charge in [0, 0.05) is 15.7 Å². The van der Waals surface area contributed by atoms with Gasteiger partial charge in [0.15, 0.2) is 0 Å². The number of halogens is 4. The summed E-state index contributed by atoms with van der Waals surface area (Å²) in [5.41, 5.74) is -0.231. The topological polar surface area (TPSA) is 46.2 Å². The van der Waals surface area contributed by atoms with Crippen LogP contribution < -0.4 is 4.72 Å². The molecule has 0 unspecified atom stereocenters. The summed E-state index contributed by atoms with van der Waals surface area (Å²) in [6.45, 7) is -0.434. The van der Waals surface area contributed by atoms with E-state index in [0.717, 1.165) is 15.7 Å². The monoisotopic (exact) mass is 443 g/mol. The van der Waals surface area contributed by atoms with Gasteiger partial charge in [-0.05, 0) is 59.0 Å². The molecule has 0 heterocycles. The molecule has 0 atom stereocenters. The summed E-state index contributed by atoms with van der Waals surface area (Å²) in [5, 5.41) is -0.430. The molecule has 2 aromatic carbocycles. The first-order valence-corrected chi connectivity index (χ1v) is 8.63. The van der Waals surface area contributed by atoms with Crippen LogP contribution in [0.3, 0.4) is 0 Å². The molecule has 0 aromatic heterocycles. The summed E-state index contributed by atoms with van der Waals surface area (Å²) >= 11 is 7.69. The molecule has 112 valence electrons. The fourth-order valence-corrected chi connectivity index (χ4v) is 3.17. The fraction of sp³-hybridized carbons (Fsp3) is 0.0769. The van der Waals surface area contributed by atoms with E-state index in [4.69, 9.17) is 11.6 Å². The van der Waals surface area contributed by atoms with Crippen molar-refractivity contribution in [1.82, 2.24) is 4.72 Å². The molecule has 8 heteroatoms. The molecule has 0 aliphatic heterocycles. The third kappa shape index (κ3) is 3.91. The van der Waals surface area contributed by atoms with Crippen molar-refractivity contribution < 1.29 is 17.2 Å². The second-order valence-corrected chi connectivity index (χ2v) is 7.49. The van der Waals surface area contributed by atoms with Crippen LogP contribution in [-0.2, 0) is 16.6 Å². The Kier molecular flexibility index (Phi) is 5.18. The molecule has 0 saturated heterocycles. The molecule has 0 radical (unpaired) electrons. The van der Waals surface area contributed by atoms with Crippen LogP contribution in [0.15, 0.2) is 41.3 Å². The number of sulfonamides is 1. The molecule has 0 bridgehead atoms. The number of rotatable bonds is 4. The molecular formula is C13H9ClF2INO2S. The number of benzene rings is 2. The molecular weight excluding hydrogens is 435 g/mol. The van der Waals surface area contributed by atoms with Crippen molar-refractivity contribution in [3.63, 3.8) is 0 Å². The fourth-order valence-electron chi connectivity index (χ4n) is 1.60. The van der Waals surface area contributed by atoms with Crippen LogP contribution in [0.2, 0.25) is 5.02 Å². The molecule has 0 fully saturated rings. The lowest BCUT2D eigenvalue weighted by Crippen LogP contribution is -2.24. The molecule has 3 nitrogen and oxygen atoms in total. The zero-order valence-electron chi connectivity index (χ0n) is 10.4. The molecule has 0 amide bonds. The maximum atomic E-state index is 13.6. The lowest BCUT2D eigenvalue weighted by Gasteiger charge is -2.09. The van der Waals surface area contributed by atoms with Crippen LogP contribution in [0.5, 0.6) is 0 Å². The average Bonchev–Trinajstić information content (AvgIpc) is 2.43. The van der Waals surface area contributed by atoms with Gasteiger partial charge < -0.3 is 0 Å². The van der Waals surface area contributed by atoms with E-state index in [1.807, 2.05) is 22.6 Å². The molecule has 1 N–H and O–H groups in total. The molecule has 21 heavy (non-hydrogen) atoms. The Hall–Kier alpha value is -0.770. The highest BCUT2D eigenvalue weighted by atomic mass is 127. The van der Waals surface area contributed by atoms with Gasteiger partial charge in [-0.3, -0.25) is 0 Å². The highest BCUT2D eigenvalue weighted by Gasteiger charge is 2.17. The minimum absolute atomic E-state index is 0.0378. The molecule has 0 aliphatic rings. The van der Waals surface area contributed by atoms with Gasteiger partial charge >= 0.3 is 0 Å². The smallest absolute Gasteiger partial charge is 0.207 e. The first-order valence-electron chi connectivity index (χ1n) is 5.69. The van der Waals surface area contributed by atoms with Crippen molar-refractivity contribution in [2.24, 2.45) is 0 Å². The maximum Gasteiger partial charge on any atom is 0.240 e. The Labute approximate surface area is 139 Å². The predicted octanol–water partition coefficient (Wildman–Crippen LogP) is 3.70. The SMILES string of the molecule is O=S(=O)(NCc1c(F)ccc(F)c1Cl)c1ccc(I)cc1. The molecule has 0 saturated carbocycles. The van der Waals surface area contributed by atoms with Crippen molar-refractivity contribution >= 4 is 44.2 Å². The van der Waals surface area contributed by atoms with E-state index in [2.05, 4.69) is 4.72 Å². The van der Waals surface area contributed by atoms with Crippen molar-refractivity contribution in [3.05, 3.63) is 62.2 Å². The Morgan fingerprint density at radius 1 is 1.05 bits per heavy atom. The van der Waals surface area contributed by atoms with E-state index in [1.54, 1.807) is 12.1 Å². The lowest BCUT2D eigenvalue weighted by molar-refractivity contribution is 0.567. The van der Waals surface area contributed by atoms with Crippen molar-refractivity contribution in [3.8, 4) is 0 Å². The Morgan fingerprint density at radius 2 is 1.62 bits per heavy atom. The normalized spacial score (nSPS) is 11.6. The molecule has 0 aliphatic carbocycles. The maximum absolute atomic E-state index is 13.6. The summed E-state index contributed by atoms with van der Waals surface area (Å²) < 4.78 is 54.0. The van der Waals surface area contributed by atoms with E-state index >= 15 is 0 Å². The van der Waals surface area contributed by atoms with Gasteiger partial charge in [0.25, 0.3) is 0 Å². The second kappa shape index (κ2) is 6.55. The molecule has 2 rings (SSSR count). The number of hydrogen-bond acceptors (Lipinski definition) is 2. The Balaban J connectivity index is 2.23. The third-order valence-corrected chi connectivity index (χ3v) is 5.25. The van der Waals surface area contributed by atoms with Crippen molar-refractivity contribution in [2.45, 2.75) is 11.4 Å². The van der Waals surface area contributed by atoms with Crippen LogP contribution in [0.25, 0.3) is 0 Å². The Bertz CT molecular complexity index is 766. The Morgan fingerprint density at radius 3 is 2.24 bits per heavy atom. The third-order valence-electron chi connectivity index (χ3n) is 2.70. The summed E-state index contributed by atoms with van der Waals surface area (Å²) in [6, 6.07) is 7.89. The highest BCUT2D eigenvalue weighted by molar-refractivity contribution is 14.1. The zero-order valence-corrected chi connectivity index (χ0v) is 14.1. The van der Waals surface area contributed by atoms with Crippen LogP contribution in [-0.4, -0.2) is 8.42 Å². The van der Waals surface area contributed by atoms with Crippen LogP contribution in [0.4, 0.5) is 8.78 Å². The van der Waals surface area contributed by atoms with E-state index in [-0.39, 0.29) is 10.5 Å². The van der Waals surface area contributed by atoms with Crippen molar-refractivity contribution in [1.29, 1.82) is 0 Å². The quantitative estimate of drug-likeness (QED) is 0.579. The largest absolute Gasteiger partial charge is 0.240 e. The summed E-state index contributed by atoms with van der Waals surface area (Å²) in [4.78, 5) is 0.0378. The second-order valence-electron chi connectivity index (χ2n) is 4.10. The number of nitrogens with one attached hydrogen (secondary N) is 1. The van der Waals surface area contributed by atoms with Crippen LogP contribution >= 0.6 is 34.2 Å². The first-order chi connectivity index (χ1) is 9.81. The lowest BCUT2D eigenvalue weighted by atomic mass is 10.2. The minimum Gasteiger partial charge on any atom is -0.207 e. The molecule has 0 spiro atoms. The first kappa shape index (κ1) is 16.6. The van der Waals surface area contributed by atoms with E-state index in [0.29, 0.717) is 0 Å². The predicted molar refractivity (Wildman–Crippen MR) is 84.6 cm³/mol. The van der Waals surface area contributed by atoms with Gasteiger partial charge in [-0.25, -0.2) is 21.9 Å². The standard InChI is InChI=1S/C13H9ClF2INO2S/c14-13-10(11(15)5-6-12(13)16)7-18-21(19,20)9-3-1-8(17)2-4-9/h1-6,18H,7H2. The number of hydrogen-bond donors (Lipinski definition) is 1. The zero-order chi connectivity index (χ0) is 15.6. The van der Waals surface area contributed by atoms with E-state index in [9.17, 15) is 17.2 Å². The summed E-state index contributed by atoms with van der Waals surface area (Å²) in [7, 11) is -3.82. The van der Waals surface area contributed by atoms with E-state index in [1.165, 1.54) is 12.1 Å². The van der Waals surface area contributed by atoms with Crippen LogP contribution in [0, 0.1) is 15.2 Å². The van der Waals surface area contributed by atoms with Gasteiger partial charge in [0.05, 0.1) is 9.92 Å². The van der Waals surface area contributed by atoms with E-state index < -0.39 is 33.2 Å². The summed E-state index contributed by atoms with van der Waals surface area (Å²) in [5.74, 6) is -1.58. The van der Waals surface area contributed by atoms with Gasteiger partial charge in [-0.15, -0.1) is 0 Å². The van der Waals surface area contributed by atoms with Crippen molar-refractivity contribution in [2.75, 3.05) is 0 Å². The van der Waals surface area contributed by atoms with Gasteiger partial charge in [-0.1, -0.05) is 11.6 Å². The average molecular weight is 444 g/mol. The summed E-state index contributed by atoms with van der Waals surface area (Å²) in [6.07, 6.45) is 0. The molecule has 2 aromatic rings. The highest BCUT2D eigenvalue weighted by Crippen LogP contribution is 2.23. The van der Waals surface area contributed by atoms with Gasteiger partial charge in [-0.2, -0.15) is 0 Å². The van der Waals surface area contributed by atoms with Gasteiger partial charge in [0.2, 0.25) is 10.0 Å². The van der Waals surface area contributed by atoms with Crippen LogP contribution in [0.1, 0.15) is 5.56 Å². The minimum atomic E-state index is -3.82. The van der Waals surface area contributed by atoms with Gasteiger partial charge in [0.1, 0.15) is 11.6 Å².